The lowest BCUT2D eigenvalue weighted by atomic mass is 10.8. The lowest BCUT2D eigenvalue weighted by Crippen LogP contribution is -1.56. The van der Waals surface area contributed by atoms with Crippen LogP contribution in [-0.2, 0) is 13.7 Å². The highest BCUT2D eigenvalue weighted by Crippen LogP contribution is 2.35. The summed E-state index contributed by atoms with van der Waals surface area (Å²) < 4.78 is 57.0. The van der Waals surface area contributed by atoms with Crippen molar-refractivity contribution < 1.29 is 55.6 Å². The molecule has 0 aliphatic carbocycles. The third-order valence-corrected chi connectivity index (χ3v) is 0. The van der Waals surface area contributed by atoms with Gasteiger partial charge in [0.05, 0.1) is 8.41 Å². The minimum atomic E-state index is -5.14. The van der Waals surface area contributed by atoms with Crippen molar-refractivity contribution in [1.29, 1.82) is 0 Å². The second kappa shape index (κ2) is 9.35. The maximum Gasteiger partial charge on any atom is 0.507 e. The van der Waals surface area contributed by atoms with Crippen molar-refractivity contribution in [2.75, 3.05) is 0 Å². The molecule has 0 atom stereocenters. The normalized spacial score (nSPS) is 11.1. The quantitative estimate of drug-likeness (QED) is 0.241. The van der Waals surface area contributed by atoms with E-state index in [4.69, 9.17) is 43.1 Å². The molecule has 16 heteroatoms. The van der Waals surface area contributed by atoms with Crippen molar-refractivity contribution in [3.05, 3.63) is 0 Å². The van der Waals surface area contributed by atoms with E-state index < -0.39 is 23.7 Å². The Bertz CT molecular complexity index is 212. The number of rotatable bonds is 0. The number of hydrogen-bond acceptors (Lipinski definition) is 3. The zero-order valence-electron chi connectivity index (χ0n) is 6.38. The molecule has 0 saturated heterocycles. The summed E-state index contributed by atoms with van der Waals surface area (Å²) >= 11 is 0. The van der Waals surface area contributed by atoms with Gasteiger partial charge in [0.15, 0.2) is 0 Å². The van der Waals surface area contributed by atoms with E-state index in [1.807, 2.05) is 0 Å². The van der Waals surface area contributed by atoms with Gasteiger partial charge in [-0.25, -0.2) is 13.7 Å². The van der Waals surface area contributed by atoms with Gasteiger partial charge in [0.2, 0.25) is 0 Å². The maximum atomic E-state index is 10.4. The standard InChI is InChI=1S/BH3.3FH2O3P/c;3*1-5(2,3)4/h1H3;3*(H2,2,3,4). The largest absolute Gasteiger partial charge is 0.507 e. The van der Waals surface area contributed by atoms with Crippen LogP contribution in [0.4, 0.5) is 12.6 Å². The molecular weight excluding hydrogens is 305 g/mol. The molecule has 0 fully saturated rings. The highest BCUT2D eigenvalue weighted by atomic mass is 31.2. The molecule has 0 aliphatic rings. The first kappa shape index (κ1) is 25.2. The molecule has 0 bridgehead atoms. The fraction of sp³-hybridized carbons (Fsp3) is 0. The van der Waals surface area contributed by atoms with Crippen molar-refractivity contribution >= 4 is 32.1 Å². The molecular formula is H9BF3O9P3. The summed E-state index contributed by atoms with van der Waals surface area (Å²) in [4.78, 5) is 41.8. The predicted octanol–water partition coefficient (Wildman–Crippen LogP) is -1.04. The van der Waals surface area contributed by atoms with Crippen LogP contribution in [-0.4, -0.2) is 37.8 Å². The molecule has 0 amide bonds. The fourth-order valence-electron chi connectivity index (χ4n) is 0. The van der Waals surface area contributed by atoms with Gasteiger partial charge >= 0.3 is 23.7 Å². The van der Waals surface area contributed by atoms with E-state index >= 15 is 0 Å². The summed E-state index contributed by atoms with van der Waals surface area (Å²) in [5.74, 6) is 0. The monoisotopic (exact) mass is 314 g/mol. The molecule has 0 unspecified atom stereocenters. The highest BCUT2D eigenvalue weighted by Gasteiger charge is 2.05. The summed E-state index contributed by atoms with van der Waals surface area (Å²) in [5.41, 5.74) is 0. The zero-order chi connectivity index (χ0) is 13.5. The van der Waals surface area contributed by atoms with E-state index in [0.717, 1.165) is 0 Å². The number of hydrogen-bond donors (Lipinski definition) is 6. The summed E-state index contributed by atoms with van der Waals surface area (Å²) in [5, 5.41) is 0. The Hall–Kier alpha value is 0.305. The van der Waals surface area contributed by atoms with Crippen molar-refractivity contribution in [1.82, 2.24) is 0 Å². The zero-order valence-corrected chi connectivity index (χ0v) is 9.07. The number of halogens is 3. The Kier molecular flexibility index (Phi) is 14.7. The minimum Gasteiger partial charge on any atom is -0.299 e. The van der Waals surface area contributed by atoms with Gasteiger partial charge in [-0.05, 0) is 0 Å². The first-order valence-electron chi connectivity index (χ1n) is 2.25. The molecule has 0 saturated carbocycles. The van der Waals surface area contributed by atoms with E-state index in [9.17, 15) is 12.6 Å². The van der Waals surface area contributed by atoms with E-state index in [-0.39, 0.29) is 8.41 Å². The fourth-order valence-corrected chi connectivity index (χ4v) is 0. The van der Waals surface area contributed by atoms with Crippen LogP contribution < -0.4 is 0 Å². The SMILES string of the molecule is B.O=P(O)(O)F.O=P(O)(O)F.O=P(O)(O)F. The summed E-state index contributed by atoms with van der Waals surface area (Å²) in [6, 6.07) is 0. The van der Waals surface area contributed by atoms with Crippen molar-refractivity contribution in [3.63, 3.8) is 0 Å². The third-order valence-electron chi connectivity index (χ3n) is 0. The first-order chi connectivity index (χ1) is 6.00. The van der Waals surface area contributed by atoms with Gasteiger partial charge in [0, 0.05) is 0 Å². The molecule has 0 radical (unpaired) electrons. The molecule has 0 aromatic heterocycles. The Morgan fingerprint density at radius 3 is 0.562 bits per heavy atom. The lowest BCUT2D eigenvalue weighted by molar-refractivity contribution is 0.320. The average Bonchev–Trinajstić information content (AvgIpc) is 1.41. The molecule has 16 heavy (non-hydrogen) atoms. The second-order valence-electron chi connectivity index (χ2n) is 1.42. The second-order valence-corrected chi connectivity index (χ2v) is 4.26. The topological polar surface area (TPSA) is 173 Å². The molecule has 0 aliphatic heterocycles. The van der Waals surface area contributed by atoms with Gasteiger partial charge < -0.3 is 0 Å². The Morgan fingerprint density at radius 2 is 0.562 bits per heavy atom. The van der Waals surface area contributed by atoms with E-state index in [0.29, 0.717) is 0 Å². The van der Waals surface area contributed by atoms with Gasteiger partial charge in [0.1, 0.15) is 0 Å². The van der Waals surface area contributed by atoms with Crippen LogP contribution in [0.1, 0.15) is 0 Å². The van der Waals surface area contributed by atoms with Crippen LogP contribution in [0.15, 0.2) is 0 Å². The Morgan fingerprint density at radius 1 is 0.562 bits per heavy atom. The van der Waals surface area contributed by atoms with Gasteiger partial charge in [-0.3, -0.25) is 29.4 Å². The summed E-state index contributed by atoms with van der Waals surface area (Å²) in [6.07, 6.45) is 0. The summed E-state index contributed by atoms with van der Waals surface area (Å²) in [7, 11) is -15.4. The molecule has 0 rings (SSSR count). The van der Waals surface area contributed by atoms with Crippen LogP contribution in [0.2, 0.25) is 0 Å². The van der Waals surface area contributed by atoms with Crippen LogP contribution in [0.5, 0.6) is 0 Å². The Balaban J connectivity index is -0.0000000655. The third kappa shape index (κ3) is 27200. The van der Waals surface area contributed by atoms with Crippen LogP contribution in [0, 0.1) is 0 Å². The van der Waals surface area contributed by atoms with Crippen molar-refractivity contribution in [3.8, 4) is 0 Å². The molecule has 0 spiro atoms. The molecule has 9 nitrogen and oxygen atoms in total. The predicted molar refractivity (Wildman–Crippen MR) is 49.4 cm³/mol. The van der Waals surface area contributed by atoms with Gasteiger partial charge in [-0.1, -0.05) is 0 Å². The molecule has 0 aromatic rings. The average molecular weight is 314 g/mol. The smallest absolute Gasteiger partial charge is 0.299 e. The molecule has 0 aromatic carbocycles. The minimum absolute atomic E-state index is 0. The van der Waals surface area contributed by atoms with Crippen molar-refractivity contribution in [2.24, 2.45) is 0 Å². The van der Waals surface area contributed by atoms with Crippen LogP contribution in [0.3, 0.4) is 0 Å². The van der Waals surface area contributed by atoms with E-state index in [1.165, 1.54) is 0 Å². The van der Waals surface area contributed by atoms with E-state index in [2.05, 4.69) is 0 Å². The summed E-state index contributed by atoms with van der Waals surface area (Å²) in [6.45, 7) is 0. The van der Waals surface area contributed by atoms with Crippen molar-refractivity contribution in [2.45, 2.75) is 0 Å². The molecule has 0 heterocycles. The lowest BCUT2D eigenvalue weighted by Gasteiger charge is -1.78. The molecule has 6 N–H and O–H groups in total. The Labute approximate surface area is 88.7 Å². The van der Waals surface area contributed by atoms with Crippen LogP contribution in [0.25, 0.3) is 0 Å². The highest BCUT2D eigenvalue weighted by molar-refractivity contribution is 7.46. The first-order valence-corrected chi connectivity index (χ1v) is 6.76. The van der Waals surface area contributed by atoms with E-state index in [1.54, 1.807) is 0 Å². The maximum absolute atomic E-state index is 10.4. The van der Waals surface area contributed by atoms with Gasteiger partial charge in [-0.2, -0.15) is 0 Å². The van der Waals surface area contributed by atoms with Crippen LogP contribution >= 0.6 is 23.7 Å². The molecule has 102 valence electrons. The van der Waals surface area contributed by atoms with Gasteiger partial charge in [-0.15, -0.1) is 12.6 Å². The van der Waals surface area contributed by atoms with Gasteiger partial charge in [0.25, 0.3) is 0 Å².